The lowest BCUT2D eigenvalue weighted by Crippen LogP contribution is -2.52. The Morgan fingerprint density at radius 3 is 2.03 bits per heavy atom. The van der Waals surface area contributed by atoms with E-state index >= 15 is 0 Å². The van der Waals surface area contributed by atoms with Crippen molar-refractivity contribution in [3.05, 3.63) is 35.9 Å². The highest BCUT2D eigenvalue weighted by Gasteiger charge is 2.61. The molecule has 10 nitrogen and oxygen atoms in total. The largest absolute Gasteiger partial charge is 0.463 e. The molecule has 1 saturated heterocycles. The highest BCUT2D eigenvalue weighted by molar-refractivity contribution is 5.68. The zero-order valence-electron chi connectivity index (χ0n) is 17.8. The summed E-state index contributed by atoms with van der Waals surface area (Å²) in [6, 6.07) is 9.05. The molecule has 0 aliphatic carbocycles. The first-order valence-corrected chi connectivity index (χ1v) is 9.60. The SMILES string of the molecule is CC(=O)OCC1OC(COC(C)=O)(OCc2ccccc2)C(OC(C)=O)C1OC(C)=O. The van der Waals surface area contributed by atoms with E-state index in [-0.39, 0.29) is 13.2 Å². The monoisotopic (exact) mass is 438 g/mol. The summed E-state index contributed by atoms with van der Waals surface area (Å²) >= 11 is 0. The second-order valence-electron chi connectivity index (χ2n) is 6.93. The van der Waals surface area contributed by atoms with Gasteiger partial charge in [0.25, 0.3) is 0 Å². The third-order valence-corrected chi connectivity index (χ3v) is 4.30. The number of hydrogen-bond acceptors (Lipinski definition) is 10. The third-order valence-electron chi connectivity index (χ3n) is 4.30. The van der Waals surface area contributed by atoms with Gasteiger partial charge < -0.3 is 28.4 Å². The van der Waals surface area contributed by atoms with Gasteiger partial charge in [-0.25, -0.2) is 0 Å². The molecular weight excluding hydrogens is 412 g/mol. The first-order valence-electron chi connectivity index (χ1n) is 9.60. The van der Waals surface area contributed by atoms with Gasteiger partial charge >= 0.3 is 23.9 Å². The zero-order chi connectivity index (χ0) is 23.0. The molecule has 0 spiro atoms. The molecule has 10 heteroatoms. The lowest BCUT2D eigenvalue weighted by Gasteiger charge is -2.33. The van der Waals surface area contributed by atoms with Gasteiger partial charge in [0.2, 0.25) is 5.79 Å². The van der Waals surface area contributed by atoms with E-state index in [2.05, 4.69) is 0 Å². The fourth-order valence-electron chi connectivity index (χ4n) is 3.08. The Kier molecular flexibility index (Phi) is 8.52. The first kappa shape index (κ1) is 24.3. The third kappa shape index (κ3) is 7.04. The van der Waals surface area contributed by atoms with E-state index in [1.54, 1.807) is 12.1 Å². The normalized spacial score (nSPS) is 24.8. The quantitative estimate of drug-likeness (QED) is 0.411. The van der Waals surface area contributed by atoms with Crippen molar-refractivity contribution in [3.63, 3.8) is 0 Å². The van der Waals surface area contributed by atoms with Gasteiger partial charge in [0.05, 0.1) is 6.61 Å². The molecule has 0 aromatic heterocycles. The highest BCUT2D eigenvalue weighted by atomic mass is 16.8. The molecule has 1 fully saturated rings. The topological polar surface area (TPSA) is 124 Å². The van der Waals surface area contributed by atoms with Crippen LogP contribution in [0.3, 0.4) is 0 Å². The number of rotatable bonds is 9. The number of esters is 4. The van der Waals surface area contributed by atoms with Crippen LogP contribution in [0.2, 0.25) is 0 Å². The molecule has 0 amide bonds. The van der Waals surface area contributed by atoms with Crippen LogP contribution in [0.1, 0.15) is 33.3 Å². The van der Waals surface area contributed by atoms with Gasteiger partial charge in [-0.3, -0.25) is 19.2 Å². The Morgan fingerprint density at radius 1 is 0.871 bits per heavy atom. The zero-order valence-corrected chi connectivity index (χ0v) is 17.8. The molecular formula is C21H26O10. The standard InChI is InChI=1S/C21H26O10/c1-13(22)26-11-18-19(29-15(3)24)20(30-16(4)25)21(31-18,12-27-14(2)23)28-10-17-8-6-5-7-9-17/h5-9,18-20H,10-12H2,1-4H3. The van der Waals surface area contributed by atoms with Crippen LogP contribution in [0.4, 0.5) is 0 Å². The molecule has 1 heterocycles. The molecule has 4 atom stereocenters. The van der Waals surface area contributed by atoms with Crippen LogP contribution in [0.5, 0.6) is 0 Å². The molecule has 2 rings (SSSR count). The van der Waals surface area contributed by atoms with Gasteiger partial charge in [0, 0.05) is 27.7 Å². The van der Waals surface area contributed by atoms with Crippen LogP contribution in [-0.4, -0.2) is 61.2 Å². The molecule has 170 valence electrons. The van der Waals surface area contributed by atoms with E-state index in [0.29, 0.717) is 0 Å². The maximum absolute atomic E-state index is 11.8. The minimum Gasteiger partial charge on any atom is -0.463 e. The number of carbonyl (C=O) groups excluding carboxylic acids is 4. The molecule has 1 aromatic carbocycles. The minimum atomic E-state index is -1.81. The summed E-state index contributed by atoms with van der Waals surface area (Å²) in [5.41, 5.74) is 0.766. The van der Waals surface area contributed by atoms with Crippen molar-refractivity contribution < 1.29 is 47.6 Å². The van der Waals surface area contributed by atoms with Crippen molar-refractivity contribution in [2.24, 2.45) is 0 Å². The van der Waals surface area contributed by atoms with Crippen LogP contribution < -0.4 is 0 Å². The van der Waals surface area contributed by atoms with Crippen LogP contribution >= 0.6 is 0 Å². The Balaban J connectivity index is 2.41. The minimum absolute atomic E-state index is 0.00689. The maximum atomic E-state index is 11.8. The summed E-state index contributed by atoms with van der Waals surface area (Å²) < 4.78 is 32.8. The van der Waals surface area contributed by atoms with E-state index in [4.69, 9.17) is 28.4 Å². The van der Waals surface area contributed by atoms with Crippen LogP contribution in [-0.2, 0) is 54.2 Å². The summed E-state index contributed by atoms with van der Waals surface area (Å²) in [7, 11) is 0. The van der Waals surface area contributed by atoms with E-state index in [9.17, 15) is 19.2 Å². The number of benzene rings is 1. The van der Waals surface area contributed by atoms with Crippen molar-refractivity contribution in [2.45, 2.75) is 58.4 Å². The molecule has 31 heavy (non-hydrogen) atoms. The van der Waals surface area contributed by atoms with Crippen LogP contribution in [0.25, 0.3) is 0 Å². The van der Waals surface area contributed by atoms with Crippen molar-refractivity contribution in [3.8, 4) is 0 Å². The van der Waals surface area contributed by atoms with Crippen molar-refractivity contribution in [1.29, 1.82) is 0 Å². The van der Waals surface area contributed by atoms with Crippen LogP contribution in [0, 0.1) is 0 Å². The van der Waals surface area contributed by atoms with E-state index in [1.807, 2.05) is 18.2 Å². The first-order chi connectivity index (χ1) is 14.6. The summed E-state index contributed by atoms with van der Waals surface area (Å²) in [5, 5.41) is 0. The fourth-order valence-corrected chi connectivity index (χ4v) is 3.08. The number of carbonyl (C=O) groups is 4. The predicted molar refractivity (Wildman–Crippen MR) is 103 cm³/mol. The Labute approximate surface area is 179 Å². The predicted octanol–water partition coefficient (Wildman–Crippen LogP) is 1.29. The summed E-state index contributed by atoms with van der Waals surface area (Å²) in [6.07, 6.45) is -3.51. The van der Waals surface area contributed by atoms with Crippen molar-refractivity contribution in [2.75, 3.05) is 13.2 Å². The van der Waals surface area contributed by atoms with Gasteiger partial charge in [0.1, 0.15) is 19.3 Å². The summed E-state index contributed by atoms with van der Waals surface area (Å²) in [4.78, 5) is 46.4. The average Bonchev–Trinajstić information content (AvgIpc) is 2.96. The van der Waals surface area contributed by atoms with E-state index in [0.717, 1.165) is 12.5 Å². The second kappa shape index (κ2) is 10.9. The molecule has 0 N–H and O–H groups in total. The lowest BCUT2D eigenvalue weighted by atomic mass is 10.0. The Morgan fingerprint density at radius 2 is 1.48 bits per heavy atom. The van der Waals surface area contributed by atoms with Gasteiger partial charge in [-0.2, -0.15) is 0 Å². The lowest BCUT2D eigenvalue weighted by molar-refractivity contribution is -0.286. The number of hydrogen-bond donors (Lipinski definition) is 0. The highest BCUT2D eigenvalue weighted by Crippen LogP contribution is 2.38. The molecule has 1 aliphatic heterocycles. The van der Waals surface area contributed by atoms with Gasteiger partial charge in [-0.15, -0.1) is 0 Å². The van der Waals surface area contributed by atoms with E-state index < -0.39 is 54.6 Å². The Bertz CT molecular complexity index is 793. The Hall–Kier alpha value is -2.98. The van der Waals surface area contributed by atoms with Crippen molar-refractivity contribution >= 4 is 23.9 Å². The molecule has 0 saturated carbocycles. The van der Waals surface area contributed by atoms with Gasteiger partial charge in [-0.05, 0) is 5.56 Å². The van der Waals surface area contributed by atoms with Gasteiger partial charge in [-0.1, -0.05) is 30.3 Å². The molecule has 1 aromatic rings. The average molecular weight is 438 g/mol. The molecule has 1 aliphatic rings. The summed E-state index contributed by atoms with van der Waals surface area (Å²) in [6.45, 7) is 3.98. The van der Waals surface area contributed by atoms with E-state index in [1.165, 1.54) is 20.8 Å². The second-order valence-corrected chi connectivity index (χ2v) is 6.93. The van der Waals surface area contributed by atoms with Crippen molar-refractivity contribution in [1.82, 2.24) is 0 Å². The van der Waals surface area contributed by atoms with Crippen LogP contribution in [0.15, 0.2) is 30.3 Å². The molecule has 0 radical (unpaired) electrons. The summed E-state index contributed by atoms with van der Waals surface area (Å²) in [5.74, 6) is -4.39. The molecule has 4 unspecified atom stereocenters. The number of ether oxygens (including phenoxy) is 6. The smallest absolute Gasteiger partial charge is 0.303 e. The maximum Gasteiger partial charge on any atom is 0.303 e. The van der Waals surface area contributed by atoms with Gasteiger partial charge in [0.15, 0.2) is 12.2 Å². The molecule has 0 bridgehead atoms. The fraction of sp³-hybridized carbons (Fsp3) is 0.524.